The number of β-amino-alcohol motifs (C(OH)–C–C–N with tert-alkyl or cyclic N) is 2. The monoisotopic (exact) mass is 373 g/mol. The number of fused-ring (bicyclic) bond motifs is 2. The van der Waals surface area contributed by atoms with Crippen LogP contribution in [0.1, 0.15) is 6.42 Å². The van der Waals surface area contributed by atoms with E-state index in [1.807, 2.05) is 6.26 Å². The van der Waals surface area contributed by atoms with Crippen molar-refractivity contribution in [3.8, 4) is 0 Å². The fourth-order valence-electron chi connectivity index (χ4n) is 2.98. The lowest BCUT2D eigenvalue weighted by Gasteiger charge is -2.33. The summed E-state index contributed by atoms with van der Waals surface area (Å²) in [5.41, 5.74) is -1.14. The molecule has 140 valence electrons. The second-order valence-corrected chi connectivity index (χ2v) is 7.08. The van der Waals surface area contributed by atoms with Crippen molar-refractivity contribution in [3.63, 3.8) is 0 Å². The van der Waals surface area contributed by atoms with Crippen molar-refractivity contribution in [3.05, 3.63) is 33.1 Å². The Labute approximate surface area is 148 Å². The van der Waals surface area contributed by atoms with E-state index in [2.05, 4.69) is 0 Å². The maximum Gasteiger partial charge on any atom is 0.331 e. The van der Waals surface area contributed by atoms with Crippen LogP contribution in [-0.4, -0.2) is 78.7 Å². The van der Waals surface area contributed by atoms with E-state index in [9.17, 15) is 29.7 Å². The SMILES string of the molecule is CSCCC(C(=O)O)N1CC(O)Cn2ccc(=O)n(c2=O)CC(O)C1. The molecule has 0 aromatic carbocycles. The molecule has 1 aromatic rings. The lowest BCUT2D eigenvalue weighted by atomic mass is 10.1. The van der Waals surface area contributed by atoms with Gasteiger partial charge in [-0.05, 0) is 18.4 Å². The lowest BCUT2D eigenvalue weighted by molar-refractivity contribution is -0.144. The minimum atomic E-state index is -1.11. The first-order chi connectivity index (χ1) is 11.8. The molecule has 25 heavy (non-hydrogen) atoms. The number of aliphatic carboxylic acids is 1. The Morgan fingerprint density at radius 2 is 1.88 bits per heavy atom. The van der Waals surface area contributed by atoms with Gasteiger partial charge in [-0.25, -0.2) is 4.79 Å². The van der Waals surface area contributed by atoms with Crippen molar-refractivity contribution in [2.24, 2.45) is 0 Å². The van der Waals surface area contributed by atoms with Crippen molar-refractivity contribution in [1.29, 1.82) is 0 Å². The van der Waals surface area contributed by atoms with E-state index in [-0.39, 0.29) is 26.2 Å². The average molecular weight is 373 g/mol. The van der Waals surface area contributed by atoms with Gasteiger partial charge in [-0.1, -0.05) is 0 Å². The van der Waals surface area contributed by atoms with Crippen molar-refractivity contribution < 1.29 is 20.1 Å². The predicted molar refractivity (Wildman–Crippen MR) is 93.0 cm³/mol. The zero-order chi connectivity index (χ0) is 18.6. The molecule has 0 fully saturated rings. The van der Waals surface area contributed by atoms with Crippen molar-refractivity contribution >= 4 is 17.7 Å². The van der Waals surface area contributed by atoms with E-state index in [0.29, 0.717) is 12.2 Å². The Hall–Kier alpha value is -1.62. The normalized spacial score (nSPS) is 23.2. The Morgan fingerprint density at radius 3 is 2.48 bits per heavy atom. The number of carboxylic acids is 1. The Balaban J connectivity index is 2.33. The van der Waals surface area contributed by atoms with Crippen LogP contribution in [0.5, 0.6) is 0 Å². The standard InChI is InChI=1S/C15H23N3O6S/c1-25-5-3-12(14(22)23)17-7-10(19)6-16-4-2-13(21)18(15(16)24)9-11(20)8-17/h2,4,10-12,19-20H,3,5-9H2,1H3,(H,22,23). The maximum absolute atomic E-state index is 12.3. The molecule has 2 heterocycles. The highest BCUT2D eigenvalue weighted by Crippen LogP contribution is 2.12. The summed E-state index contributed by atoms with van der Waals surface area (Å²) in [6, 6.07) is 0.349. The minimum absolute atomic E-state index is 0.00791. The molecule has 9 nitrogen and oxygen atoms in total. The fraction of sp³-hybridized carbons (Fsp3) is 0.667. The van der Waals surface area contributed by atoms with Gasteiger partial charge in [0.2, 0.25) is 0 Å². The molecule has 0 amide bonds. The molecule has 3 atom stereocenters. The Morgan fingerprint density at radius 1 is 1.24 bits per heavy atom. The molecule has 2 bridgehead atoms. The average Bonchev–Trinajstić information content (AvgIpc) is 2.53. The van der Waals surface area contributed by atoms with E-state index in [0.717, 1.165) is 4.57 Å². The van der Waals surface area contributed by atoms with E-state index >= 15 is 0 Å². The number of rotatable bonds is 5. The van der Waals surface area contributed by atoms with Crippen molar-refractivity contribution in [2.75, 3.05) is 25.1 Å². The molecule has 1 aliphatic heterocycles. The summed E-state index contributed by atoms with van der Waals surface area (Å²) >= 11 is 1.51. The van der Waals surface area contributed by atoms with E-state index < -0.39 is 35.5 Å². The highest BCUT2D eigenvalue weighted by molar-refractivity contribution is 7.98. The van der Waals surface area contributed by atoms with Gasteiger partial charge < -0.3 is 15.3 Å². The van der Waals surface area contributed by atoms with Crippen LogP contribution in [0.4, 0.5) is 0 Å². The van der Waals surface area contributed by atoms with Crippen LogP contribution in [0.3, 0.4) is 0 Å². The van der Waals surface area contributed by atoms with Crippen molar-refractivity contribution in [2.45, 2.75) is 37.8 Å². The zero-order valence-electron chi connectivity index (χ0n) is 13.9. The third kappa shape index (κ3) is 4.94. The van der Waals surface area contributed by atoms with Gasteiger partial charge in [0.25, 0.3) is 5.56 Å². The summed E-state index contributed by atoms with van der Waals surface area (Å²) in [7, 11) is 0. The van der Waals surface area contributed by atoms with Gasteiger partial charge in [-0.2, -0.15) is 11.8 Å². The van der Waals surface area contributed by atoms with E-state index in [1.54, 1.807) is 0 Å². The first kappa shape index (κ1) is 19.7. The molecule has 0 saturated carbocycles. The largest absolute Gasteiger partial charge is 0.480 e. The summed E-state index contributed by atoms with van der Waals surface area (Å²) in [5, 5.41) is 30.1. The summed E-state index contributed by atoms with van der Waals surface area (Å²) in [5.74, 6) is -0.407. The van der Waals surface area contributed by atoms with Crippen LogP contribution in [0.2, 0.25) is 0 Å². The Kier molecular flexibility index (Phi) is 6.82. The molecule has 1 aromatic heterocycles. The van der Waals surface area contributed by atoms with Crippen LogP contribution in [0.15, 0.2) is 21.9 Å². The molecule has 0 aliphatic carbocycles. The lowest BCUT2D eigenvalue weighted by Crippen LogP contribution is -2.53. The first-order valence-electron chi connectivity index (χ1n) is 7.95. The van der Waals surface area contributed by atoms with Crippen LogP contribution in [0, 0.1) is 0 Å². The van der Waals surface area contributed by atoms with E-state index in [1.165, 1.54) is 33.5 Å². The number of nitrogens with zero attached hydrogens (tertiary/aromatic N) is 3. The van der Waals surface area contributed by atoms with Crippen LogP contribution in [-0.2, 0) is 17.9 Å². The smallest absolute Gasteiger partial charge is 0.331 e. The molecule has 1 aliphatic rings. The van der Waals surface area contributed by atoms with Crippen LogP contribution in [0.25, 0.3) is 0 Å². The van der Waals surface area contributed by atoms with Gasteiger partial charge in [0.1, 0.15) is 6.04 Å². The topological polar surface area (TPSA) is 125 Å². The molecule has 0 spiro atoms. The maximum atomic E-state index is 12.3. The second kappa shape index (κ2) is 8.65. The molecule has 3 unspecified atom stereocenters. The molecule has 3 N–H and O–H groups in total. The van der Waals surface area contributed by atoms with Gasteiger partial charge in [0.05, 0.1) is 25.3 Å². The van der Waals surface area contributed by atoms with E-state index in [4.69, 9.17) is 0 Å². The number of aromatic nitrogens is 2. The van der Waals surface area contributed by atoms with Crippen LogP contribution >= 0.6 is 11.8 Å². The van der Waals surface area contributed by atoms with Gasteiger partial charge in [0.15, 0.2) is 0 Å². The summed E-state index contributed by atoms with van der Waals surface area (Å²) in [6.45, 7) is -0.322. The number of hydrogen-bond donors (Lipinski definition) is 3. The van der Waals surface area contributed by atoms with Crippen LogP contribution < -0.4 is 11.2 Å². The third-order valence-electron chi connectivity index (χ3n) is 4.15. The highest BCUT2D eigenvalue weighted by atomic mass is 32.2. The number of thioether (sulfide) groups is 1. The summed E-state index contributed by atoms with van der Waals surface area (Å²) in [4.78, 5) is 37.3. The summed E-state index contributed by atoms with van der Waals surface area (Å²) in [6.07, 6.45) is 1.41. The fourth-order valence-corrected chi connectivity index (χ4v) is 3.44. The summed E-state index contributed by atoms with van der Waals surface area (Å²) < 4.78 is 2.10. The zero-order valence-corrected chi connectivity index (χ0v) is 14.8. The predicted octanol–water partition coefficient (Wildman–Crippen LogP) is -1.75. The number of aliphatic hydroxyl groups excluding tert-OH is 2. The second-order valence-electron chi connectivity index (χ2n) is 6.10. The molecule has 2 rings (SSSR count). The van der Waals surface area contributed by atoms with Gasteiger partial charge >= 0.3 is 11.7 Å². The molecular formula is C15H23N3O6S. The highest BCUT2D eigenvalue weighted by Gasteiger charge is 2.30. The molecule has 0 saturated heterocycles. The first-order valence-corrected chi connectivity index (χ1v) is 9.35. The quantitative estimate of drug-likeness (QED) is 0.555. The number of carbonyl (C=O) groups is 1. The molecular weight excluding hydrogens is 350 g/mol. The van der Waals surface area contributed by atoms with Crippen molar-refractivity contribution in [1.82, 2.24) is 14.0 Å². The molecule has 10 heteroatoms. The number of carboxylic acid groups (broad SMARTS) is 1. The van der Waals surface area contributed by atoms with Gasteiger partial charge in [-0.3, -0.25) is 23.6 Å². The Bertz CT molecular complexity index is 718. The number of hydrogen-bond acceptors (Lipinski definition) is 7. The number of aliphatic hydroxyl groups is 2. The molecule has 0 radical (unpaired) electrons. The minimum Gasteiger partial charge on any atom is -0.480 e. The third-order valence-corrected chi connectivity index (χ3v) is 4.80. The van der Waals surface area contributed by atoms with Gasteiger partial charge in [0, 0.05) is 25.4 Å². The van der Waals surface area contributed by atoms with Gasteiger partial charge in [-0.15, -0.1) is 0 Å².